The van der Waals surface area contributed by atoms with Gasteiger partial charge in [0, 0.05) is 55.5 Å². The minimum atomic E-state index is 0.890. The van der Waals surface area contributed by atoms with E-state index in [1.807, 2.05) is 6.07 Å². The lowest BCUT2D eigenvalue weighted by Crippen LogP contribution is -2.37. The third kappa shape index (κ3) is 4.72. The Morgan fingerprint density at radius 1 is 0.574 bits per heavy atom. The van der Waals surface area contributed by atoms with Crippen LogP contribution in [0.15, 0.2) is 180 Å². The summed E-state index contributed by atoms with van der Waals surface area (Å²) in [7, 11) is 2.38. The quantitative estimate of drug-likeness (QED) is 0.176. The lowest BCUT2D eigenvalue weighted by atomic mass is 9.59. The molecule has 1 N–H and O–H groups in total. The van der Waals surface area contributed by atoms with Crippen LogP contribution in [0.3, 0.4) is 0 Å². The molecule has 4 nitrogen and oxygen atoms in total. The van der Waals surface area contributed by atoms with Gasteiger partial charge in [0.2, 0.25) is 0 Å². The Morgan fingerprint density at radius 2 is 1.24 bits per heavy atom. The minimum Gasteiger partial charge on any atom is -0.456 e. The number of benzene rings is 8. The van der Waals surface area contributed by atoms with Crippen molar-refractivity contribution < 1.29 is 4.42 Å². The zero-order valence-corrected chi connectivity index (χ0v) is 29.6. The molecule has 0 aliphatic carbocycles. The molecule has 10 aromatic rings. The van der Waals surface area contributed by atoms with Gasteiger partial charge in [-0.25, -0.2) is 0 Å². The second-order valence-electron chi connectivity index (χ2n) is 14.1. The van der Waals surface area contributed by atoms with Gasteiger partial charge in [0.1, 0.15) is 11.2 Å². The van der Waals surface area contributed by atoms with Gasteiger partial charge in [-0.15, -0.1) is 0 Å². The normalized spacial score (nSPS) is 11.9. The molecule has 1 aliphatic heterocycles. The molecule has 3 heterocycles. The number of fused-ring (bicyclic) bond motifs is 8. The number of para-hydroxylation sites is 5. The van der Waals surface area contributed by atoms with Crippen LogP contribution in [0.25, 0.3) is 60.6 Å². The third-order valence-electron chi connectivity index (χ3n) is 10.8. The van der Waals surface area contributed by atoms with Crippen LogP contribution in [0, 0.1) is 6.92 Å². The van der Waals surface area contributed by atoms with Crippen LogP contribution < -0.4 is 21.1 Å². The van der Waals surface area contributed by atoms with Crippen LogP contribution in [0.1, 0.15) is 5.56 Å². The largest absolute Gasteiger partial charge is 0.456 e. The van der Waals surface area contributed by atoms with Gasteiger partial charge < -0.3 is 19.2 Å². The molecule has 54 heavy (non-hydrogen) atoms. The number of nitrogens with zero attached hydrogens (tertiary/aromatic N) is 2. The first-order valence-corrected chi connectivity index (χ1v) is 18.4. The van der Waals surface area contributed by atoms with Gasteiger partial charge in [-0.1, -0.05) is 114 Å². The topological polar surface area (TPSA) is 33.3 Å². The van der Waals surface area contributed by atoms with Gasteiger partial charge in [-0.3, -0.25) is 0 Å². The fourth-order valence-corrected chi connectivity index (χ4v) is 8.41. The van der Waals surface area contributed by atoms with E-state index in [9.17, 15) is 0 Å². The Balaban J connectivity index is 1.28. The number of aromatic nitrogens is 1. The summed E-state index contributed by atoms with van der Waals surface area (Å²) in [6.45, 7) is 2.12. The average molecular weight is 691 g/mol. The Bertz CT molecular complexity index is 3010. The molecule has 0 saturated carbocycles. The molecule has 8 aromatic carbocycles. The van der Waals surface area contributed by atoms with Crippen molar-refractivity contribution in [2.24, 2.45) is 0 Å². The predicted octanol–water partition coefficient (Wildman–Crippen LogP) is 11.8. The molecule has 253 valence electrons. The molecule has 0 unspecified atom stereocenters. The molecule has 0 amide bonds. The Labute approximate surface area is 313 Å². The molecule has 0 saturated heterocycles. The fraction of sp³-hybridized carbons (Fsp3) is 0.0204. The van der Waals surface area contributed by atoms with E-state index in [4.69, 9.17) is 4.42 Å². The van der Waals surface area contributed by atoms with E-state index >= 15 is 0 Å². The molecule has 1 aliphatic rings. The monoisotopic (exact) mass is 690 g/mol. The zero-order chi connectivity index (χ0) is 35.8. The van der Waals surface area contributed by atoms with Gasteiger partial charge in [0.05, 0.1) is 16.7 Å². The molecule has 0 bridgehead atoms. The maximum atomic E-state index is 6.46. The predicted molar refractivity (Wildman–Crippen MR) is 228 cm³/mol. The van der Waals surface area contributed by atoms with E-state index < -0.39 is 0 Å². The molecule has 2 aromatic heterocycles. The molecule has 0 fully saturated rings. The lowest BCUT2D eigenvalue weighted by molar-refractivity contribution is 0.669. The highest BCUT2D eigenvalue weighted by atomic mass is 16.3. The second-order valence-corrected chi connectivity index (χ2v) is 14.1. The summed E-state index contributed by atoms with van der Waals surface area (Å²) in [6, 6.07) is 62.9. The standard InChI is InChI=1S/C49H33BN3O/c1-31-24-26-32(27-25-31)51-41-21-11-8-18-35(41)39-29-44(52(33-14-4-2-5-15-33)34-16-6-3-7-17-34)47-37-20-9-12-22-42(37)53-43-28-38-36-19-10-13-23-45(36)54-46(38)30-40(43)50-48(39)49(47)53/h2-30,51H,1H3. The number of aryl methyl sites for hydroxylation is 1. The smallest absolute Gasteiger partial charge is 0.198 e. The van der Waals surface area contributed by atoms with Crippen molar-refractivity contribution in [3.05, 3.63) is 181 Å². The Kier molecular flexibility index (Phi) is 6.83. The summed E-state index contributed by atoms with van der Waals surface area (Å²) in [6.07, 6.45) is 0. The number of hydrogen-bond acceptors (Lipinski definition) is 3. The molecule has 11 rings (SSSR count). The Morgan fingerprint density at radius 3 is 2.02 bits per heavy atom. The van der Waals surface area contributed by atoms with Crippen LogP contribution in [-0.2, 0) is 0 Å². The SMILES string of the molecule is Cc1ccc(Nc2ccccc2-c2cc(N(c3ccccc3)c3ccccc3)c3c4ccccc4n4c3c2[B]c2cc3oc5ccccc5c3cc2-4)cc1. The van der Waals surface area contributed by atoms with Crippen molar-refractivity contribution in [2.75, 3.05) is 10.2 Å². The van der Waals surface area contributed by atoms with E-state index in [-0.39, 0.29) is 0 Å². The van der Waals surface area contributed by atoms with E-state index in [1.165, 1.54) is 32.8 Å². The van der Waals surface area contributed by atoms with Gasteiger partial charge in [-0.05, 0) is 90.7 Å². The van der Waals surface area contributed by atoms with Crippen molar-refractivity contribution in [1.29, 1.82) is 0 Å². The summed E-state index contributed by atoms with van der Waals surface area (Å²) in [4.78, 5) is 2.41. The van der Waals surface area contributed by atoms with Crippen LogP contribution in [0.5, 0.6) is 0 Å². The van der Waals surface area contributed by atoms with Crippen molar-refractivity contribution >= 4 is 90.4 Å². The fourth-order valence-electron chi connectivity index (χ4n) is 8.41. The van der Waals surface area contributed by atoms with Crippen molar-refractivity contribution in [3.63, 3.8) is 0 Å². The van der Waals surface area contributed by atoms with Gasteiger partial charge >= 0.3 is 0 Å². The van der Waals surface area contributed by atoms with Crippen LogP contribution in [0.4, 0.5) is 28.4 Å². The first-order chi connectivity index (χ1) is 26.7. The van der Waals surface area contributed by atoms with E-state index in [2.05, 4.69) is 199 Å². The van der Waals surface area contributed by atoms with Crippen LogP contribution >= 0.6 is 0 Å². The summed E-state index contributed by atoms with van der Waals surface area (Å²) < 4.78 is 8.95. The molecule has 0 atom stereocenters. The first kappa shape index (κ1) is 30.6. The highest BCUT2D eigenvalue weighted by molar-refractivity contribution is 6.74. The van der Waals surface area contributed by atoms with E-state index in [0.29, 0.717) is 0 Å². The Hall–Kier alpha value is -6.98. The third-order valence-corrected chi connectivity index (χ3v) is 10.8. The second kappa shape index (κ2) is 12.0. The minimum absolute atomic E-state index is 0.890. The van der Waals surface area contributed by atoms with Gasteiger partial charge in [-0.2, -0.15) is 0 Å². The van der Waals surface area contributed by atoms with Gasteiger partial charge in [0.25, 0.3) is 0 Å². The molecule has 5 heteroatoms. The maximum absolute atomic E-state index is 6.46. The first-order valence-electron chi connectivity index (χ1n) is 18.4. The molecule has 1 radical (unpaired) electrons. The summed E-state index contributed by atoms with van der Waals surface area (Å²) >= 11 is 0. The van der Waals surface area contributed by atoms with Crippen molar-refractivity contribution in [3.8, 4) is 16.8 Å². The molecule has 0 spiro atoms. The van der Waals surface area contributed by atoms with Crippen LogP contribution in [0.2, 0.25) is 0 Å². The van der Waals surface area contributed by atoms with Crippen molar-refractivity contribution in [2.45, 2.75) is 6.92 Å². The zero-order valence-electron chi connectivity index (χ0n) is 29.6. The summed E-state index contributed by atoms with van der Waals surface area (Å²) in [5, 5.41) is 8.43. The van der Waals surface area contributed by atoms with Gasteiger partial charge in [0.15, 0.2) is 7.28 Å². The molecular weight excluding hydrogens is 657 g/mol. The van der Waals surface area contributed by atoms with E-state index in [0.717, 1.165) is 72.7 Å². The highest BCUT2D eigenvalue weighted by Gasteiger charge is 2.31. The van der Waals surface area contributed by atoms with Crippen molar-refractivity contribution in [1.82, 2.24) is 4.57 Å². The lowest BCUT2D eigenvalue weighted by Gasteiger charge is -2.30. The highest BCUT2D eigenvalue weighted by Crippen LogP contribution is 2.47. The number of furan rings is 1. The van der Waals surface area contributed by atoms with Crippen LogP contribution in [-0.4, -0.2) is 11.8 Å². The number of hydrogen-bond donors (Lipinski definition) is 1. The summed E-state index contributed by atoms with van der Waals surface area (Å²) in [5.41, 5.74) is 16.5. The number of anilines is 5. The number of rotatable bonds is 6. The summed E-state index contributed by atoms with van der Waals surface area (Å²) in [5.74, 6) is 0. The maximum Gasteiger partial charge on any atom is 0.198 e. The molecular formula is C49H33BN3O. The van der Waals surface area contributed by atoms with E-state index in [1.54, 1.807) is 0 Å². The average Bonchev–Trinajstić information content (AvgIpc) is 3.76. The number of nitrogens with one attached hydrogen (secondary N) is 1.